The molecule has 1 saturated carbocycles. The Morgan fingerprint density at radius 3 is 2.31 bits per heavy atom. The molecular weight excluding hydrogens is 172 g/mol. The molecule has 0 aliphatic heterocycles. The summed E-state index contributed by atoms with van der Waals surface area (Å²) in [6.07, 6.45) is 1.97. The zero-order chi connectivity index (χ0) is 9.90. The molecule has 0 radical (unpaired) electrons. The summed E-state index contributed by atoms with van der Waals surface area (Å²) in [7, 11) is 0. The van der Waals surface area contributed by atoms with Gasteiger partial charge in [-0.25, -0.2) is 0 Å². The van der Waals surface area contributed by atoms with Crippen molar-refractivity contribution in [1.82, 2.24) is 0 Å². The molecule has 0 spiro atoms. The van der Waals surface area contributed by atoms with Gasteiger partial charge in [-0.3, -0.25) is 4.79 Å². The fourth-order valence-corrected chi connectivity index (χ4v) is 1.94. The van der Waals surface area contributed by atoms with Crippen molar-refractivity contribution in [3.8, 4) is 0 Å². The Bertz CT molecular complexity index is 182. The second-order valence-corrected chi connectivity index (χ2v) is 3.79. The van der Waals surface area contributed by atoms with Crippen LogP contribution in [-0.2, 0) is 4.79 Å². The van der Waals surface area contributed by atoms with Gasteiger partial charge in [-0.1, -0.05) is 0 Å². The lowest BCUT2D eigenvalue weighted by atomic mass is 9.71. The van der Waals surface area contributed by atoms with Gasteiger partial charge in [-0.05, 0) is 32.1 Å². The molecule has 76 valence electrons. The zero-order valence-electron chi connectivity index (χ0n) is 7.57. The molecule has 0 bridgehead atoms. The minimum atomic E-state index is -0.839. The van der Waals surface area contributed by atoms with Crippen LogP contribution in [-0.4, -0.2) is 34.0 Å². The van der Waals surface area contributed by atoms with Crippen LogP contribution in [0, 0.1) is 5.41 Å². The van der Waals surface area contributed by atoms with Crippen molar-refractivity contribution in [1.29, 1.82) is 0 Å². The number of carboxylic acids is 1. The predicted molar refractivity (Wildman–Crippen MR) is 46.2 cm³/mol. The average Bonchev–Trinajstić information content (AvgIpc) is 2.09. The maximum absolute atomic E-state index is 11.0. The molecule has 0 aromatic rings. The lowest BCUT2D eigenvalue weighted by molar-refractivity contribution is -0.153. The summed E-state index contributed by atoms with van der Waals surface area (Å²) in [5, 5.41) is 27.0. The summed E-state index contributed by atoms with van der Waals surface area (Å²) in [4.78, 5) is 11.0. The number of aliphatic carboxylic acids is 1. The van der Waals surface area contributed by atoms with Crippen molar-refractivity contribution in [2.75, 3.05) is 6.61 Å². The first kappa shape index (κ1) is 10.5. The van der Waals surface area contributed by atoms with Crippen LogP contribution in [0.25, 0.3) is 0 Å². The monoisotopic (exact) mass is 188 g/mol. The summed E-state index contributed by atoms with van der Waals surface area (Å²) in [6, 6.07) is 0. The molecule has 1 rings (SSSR count). The highest BCUT2D eigenvalue weighted by Crippen LogP contribution is 2.39. The van der Waals surface area contributed by atoms with Gasteiger partial charge in [0.2, 0.25) is 0 Å². The van der Waals surface area contributed by atoms with Crippen molar-refractivity contribution in [3.05, 3.63) is 0 Å². The first-order valence-corrected chi connectivity index (χ1v) is 4.63. The average molecular weight is 188 g/mol. The van der Waals surface area contributed by atoms with Gasteiger partial charge in [0.25, 0.3) is 0 Å². The van der Waals surface area contributed by atoms with Crippen molar-refractivity contribution < 1.29 is 20.1 Å². The SMILES string of the molecule is O=C(O)C1(CCO)CCC(O)CC1. The summed E-state index contributed by atoms with van der Waals surface area (Å²) >= 11 is 0. The van der Waals surface area contributed by atoms with Gasteiger partial charge >= 0.3 is 5.97 Å². The third-order valence-corrected chi connectivity index (χ3v) is 2.96. The summed E-state index contributed by atoms with van der Waals surface area (Å²) < 4.78 is 0. The maximum Gasteiger partial charge on any atom is 0.309 e. The van der Waals surface area contributed by atoms with Crippen LogP contribution >= 0.6 is 0 Å². The molecule has 4 heteroatoms. The Morgan fingerprint density at radius 1 is 1.38 bits per heavy atom. The van der Waals surface area contributed by atoms with Crippen LogP contribution in [0.15, 0.2) is 0 Å². The molecule has 1 aliphatic carbocycles. The zero-order valence-corrected chi connectivity index (χ0v) is 7.57. The van der Waals surface area contributed by atoms with Gasteiger partial charge in [0.15, 0.2) is 0 Å². The van der Waals surface area contributed by atoms with E-state index in [-0.39, 0.29) is 12.7 Å². The molecular formula is C9H16O4. The number of carbonyl (C=O) groups is 1. The summed E-state index contributed by atoms with van der Waals surface area (Å²) in [5.41, 5.74) is -0.784. The fraction of sp³-hybridized carbons (Fsp3) is 0.889. The largest absolute Gasteiger partial charge is 0.481 e. The number of hydrogen-bond acceptors (Lipinski definition) is 3. The topological polar surface area (TPSA) is 77.8 Å². The molecule has 0 saturated heterocycles. The standard InChI is InChI=1S/C9H16O4/c10-6-5-9(8(12)13)3-1-7(11)2-4-9/h7,10-11H,1-6H2,(H,12,13). The van der Waals surface area contributed by atoms with Crippen molar-refractivity contribution in [2.24, 2.45) is 5.41 Å². The van der Waals surface area contributed by atoms with Crippen molar-refractivity contribution in [3.63, 3.8) is 0 Å². The van der Waals surface area contributed by atoms with Gasteiger partial charge in [0, 0.05) is 6.61 Å². The van der Waals surface area contributed by atoms with E-state index in [4.69, 9.17) is 10.2 Å². The molecule has 0 amide bonds. The van der Waals surface area contributed by atoms with Crippen molar-refractivity contribution >= 4 is 5.97 Å². The van der Waals surface area contributed by atoms with E-state index in [2.05, 4.69) is 0 Å². The minimum absolute atomic E-state index is 0.0948. The Morgan fingerprint density at radius 2 is 1.92 bits per heavy atom. The molecule has 0 aromatic heterocycles. The van der Waals surface area contributed by atoms with Crippen LogP contribution < -0.4 is 0 Å². The van der Waals surface area contributed by atoms with Crippen LogP contribution in [0.5, 0.6) is 0 Å². The van der Waals surface area contributed by atoms with Crippen LogP contribution in [0.2, 0.25) is 0 Å². The first-order valence-electron chi connectivity index (χ1n) is 4.63. The highest BCUT2D eigenvalue weighted by Gasteiger charge is 2.40. The van der Waals surface area contributed by atoms with Crippen molar-refractivity contribution in [2.45, 2.75) is 38.2 Å². The van der Waals surface area contributed by atoms with Gasteiger partial charge < -0.3 is 15.3 Å². The van der Waals surface area contributed by atoms with Gasteiger partial charge in [0.1, 0.15) is 0 Å². The number of hydrogen-bond donors (Lipinski definition) is 3. The normalized spacial score (nSPS) is 34.5. The highest BCUT2D eigenvalue weighted by atomic mass is 16.4. The number of aliphatic hydroxyl groups is 2. The van der Waals surface area contributed by atoms with Crippen LogP contribution in [0.1, 0.15) is 32.1 Å². The Hall–Kier alpha value is -0.610. The Labute approximate surface area is 77.2 Å². The van der Waals surface area contributed by atoms with E-state index in [0.717, 1.165) is 0 Å². The van der Waals surface area contributed by atoms with Gasteiger partial charge in [0.05, 0.1) is 11.5 Å². The number of carboxylic acid groups (broad SMARTS) is 1. The number of aliphatic hydroxyl groups excluding tert-OH is 2. The molecule has 1 aliphatic rings. The van der Waals surface area contributed by atoms with Crippen LogP contribution in [0.4, 0.5) is 0 Å². The van der Waals surface area contributed by atoms with E-state index in [0.29, 0.717) is 32.1 Å². The Kier molecular flexibility index (Phi) is 3.27. The van der Waals surface area contributed by atoms with E-state index in [9.17, 15) is 9.90 Å². The second-order valence-electron chi connectivity index (χ2n) is 3.79. The smallest absolute Gasteiger partial charge is 0.309 e. The van der Waals surface area contributed by atoms with Gasteiger partial charge in [-0.15, -0.1) is 0 Å². The van der Waals surface area contributed by atoms with E-state index in [1.54, 1.807) is 0 Å². The molecule has 0 aromatic carbocycles. The molecule has 0 unspecified atom stereocenters. The van der Waals surface area contributed by atoms with E-state index < -0.39 is 11.4 Å². The minimum Gasteiger partial charge on any atom is -0.481 e. The highest BCUT2D eigenvalue weighted by molar-refractivity contribution is 5.74. The lowest BCUT2D eigenvalue weighted by Gasteiger charge is -2.34. The predicted octanol–water partition coefficient (Wildman–Crippen LogP) is 0.375. The molecule has 3 N–H and O–H groups in total. The number of rotatable bonds is 3. The fourth-order valence-electron chi connectivity index (χ4n) is 1.94. The molecule has 1 fully saturated rings. The van der Waals surface area contributed by atoms with E-state index in [1.807, 2.05) is 0 Å². The third kappa shape index (κ3) is 2.19. The van der Waals surface area contributed by atoms with Crippen LogP contribution in [0.3, 0.4) is 0 Å². The maximum atomic E-state index is 11.0. The molecule has 0 atom stereocenters. The summed E-state index contributed by atoms with van der Waals surface area (Å²) in [5.74, 6) is -0.839. The van der Waals surface area contributed by atoms with Gasteiger partial charge in [-0.2, -0.15) is 0 Å². The third-order valence-electron chi connectivity index (χ3n) is 2.96. The second kappa shape index (κ2) is 4.07. The Balaban J connectivity index is 2.63. The van der Waals surface area contributed by atoms with E-state index in [1.165, 1.54) is 0 Å². The molecule has 4 nitrogen and oxygen atoms in total. The first-order chi connectivity index (χ1) is 6.10. The van der Waals surface area contributed by atoms with E-state index >= 15 is 0 Å². The molecule has 0 heterocycles. The quantitative estimate of drug-likeness (QED) is 0.598. The molecule has 13 heavy (non-hydrogen) atoms. The summed E-state index contributed by atoms with van der Waals surface area (Å²) in [6.45, 7) is -0.0948. The lowest BCUT2D eigenvalue weighted by Crippen LogP contribution is -2.37.